The van der Waals surface area contributed by atoms with Crippen molar-refractivity contribution in [1.82, 2.24) is 57.7 Å². The number of aliphatic hydroxyl groups excluding tert-OH is 2. The largest absolute Gasteiger partial charge is 0.508 e. The Morgan fingerprint density at radius 2 is 1.10 bits per heavy atom. The van der Waals surface area contributed by atoms with Crippen molar-refractivity contribution in [2.75, 3.05) is 32.8 Å². The highest BCUT2D eigenvalue weighted by molar-refractivity contribution is 5.99. The van der Waals surface area contributed by atoms with Crippen molar-refractivity contribution in [3.63, 3.8) is 0 Å². The van der Waals surface area contributed by atoms with Gasteiger partial charge in [0, 0.05) is 25.9 Å². The Kier molecular flexibility index (Phi) is 29.0. The van der Waals surface area contributed by atoms with Crippen molar-refractivity contribution in [3.05, 3.63) is 65.7 Å². The Bertz CT molecular complexity index is 2860. The first kappa shape index (κ1) is 73.7. The molecule has 2 aromatic rings. The number of nitrogens with zero attached hydrogens (tertiary/aromatic N) is 2. The standard InChI is InChI=1S/C60H89N13O17/c1-8-33(6)50(71-57(86)48(62)34(7)75)58(87)68-40(26-36-18-20-37(76)21-19-36)52(81)65-38(24-31(2)3)51(80)64-28-46(78)63-29-47(79)72-22-12-16-43(72)55(84)66-39(25-35-14-10-9-11-15-35)53(82)69-42(30-74)59(88)73-23-13-17-44(73)56(85)67-41(27-45(61)77)54(83)70-49(32(4)5)60(89)90/h9-11,14-15,18-21,31-34,38-44,48-50,74-76H,8,12-13,16-17,22-30,62H2,1-7H3,(H2,61,77)(H,63,78)(H,64,80)(H,65,81)(H,66,84)(H,67,85)(H,68,87)(H,69,82)(H,70,83)(H,71,86)(H,89,90)/t33-,34+,38-,39-,40-,41-,42-,43-,44-,48-,49-,50-/m0/s1. The Morgan fingerprint density at radius 3 is 1.63 bits per heavy atom. The summed E-state index contributed by atoms with van der Waals surface area (Å²) >= 11 is 0. The zero-order valence-electron chi connectivity index (χ0n) is 51.8. The molecule has 4 rings (SSSR count). The molecule has 0 unspecified atom stereocenters. The summed E-state index contributed by atoms with van der Waals surface area (Å²) in [5, 5.41) is 62.5. The molecule has 17 N–H and O–H groups in total. The topological polar surface area (TPSA) is 470 Å². The molecule has 0 spiro atoms. The SMILES string of the molecule is CC[C@H](C)[C@H](NC(=O)[C@@H](N)[C@@H](C)O)C(=O)N[C@@H](Cc1ccc(O)cc1)C(=O)N[C@@H](CC(C)C)C(=O)NCC(=O)NCC(=O)N1CCC[C@H]1C(=O)N[C@@H](Cc1ccccc1)C(=O)N[C@@H](CO)C(=O)N1CCC[C@H]1C(=O)N[C@@H](CC(N)=O)C(=O)N[C@H](C(=O)O)C(C)C. The van der Waals surface area contributed by atoms with E-state index in [1.807, 2.05) is 0 Å². The number of phenols is 1. The third kappa shape index (κ3) is 22.4. The average Bonchev–Trinajstić information content (AvgIpc) is 1.98. The molecular formula is C60H89N13O17. The summed E-state index contributed by atoms with van der Waals surface area (Å²) in [5.41, 5.74) is 12.3. The minimum Gasteiger partial charge on any atom is -0.508 e. The lowest BCUT2D eigenvalue weighted by Crippen LogP contribution is -2.60. The van der Waals surface area contributed by atoms with E-state index in [0.29, 0.717) is 24.0 Å². The summed E-state index contributed by atoms with van der Waals surface area (Å²) in [6.45, 7) is 9.22. The maximum absolute atomic E-state index is 14.2. The van der Waals surface area contributed by atoms with Gasteiger partial charge in [-0.2, -0.15) is 0 Å². The predicted octanol–water partition coefficient (Wildman–Crippen LogP) is -3.81. The maximum atomic E-state index is 14.2. The second-order valence-corrected chi connectivity index (χ2v) is 23.5. The quantitative estimate of drug-likeness (QED) is 0.0319. The number of carbonyl (C=O) groups is 13. The van der Waals surface area contributed by atoms with E-state index in [1.165, 1.54) is 49.9 Å². The van der Waals surface area contributed by atoms with Crippen LogP contribution < -0.4 is 59.3 Å². The molecule has 0 aliphatic carbocycles. The van der Waals surface area contributed by atoms with Crippen LogP contribution in [0, 0.1) is 17.8 Å². The molecule has 0 radical (unpaired) electrons. The summed E-state index contributed by atoms with van der Waals surface area (Å²) in [5.74, 6) is -12.8. The zero-order chi connectivity index (χ0) is 67.1. The number of likely N-dealkylation sites (tertiary alicyclic amines) is 2. The van der Waals surface area contributed by atoms with Crippen molar-refractivity contribution in [2.24, 2.45) is 29.2 Å². The van der Waals surface area contributed by atoms with Crippen LogP contribution in [0.2, 0.25) is 0 Å². The molecule has 0 saturated carbocycles. The average molecular weight is 1260 g/mol. The van der Waals surface area contributed by atoms with Crippen LogP contribution in [0.3, 0.4) is 0 Å². The molecule has 12 amide bonds. The molecule has 2 aliphatic rings. The lowest BCUT2D eigenvalue weighted by Gasteiger charge is -2.30. The van der Waals surface area contributed by atoms with Gasteiger partial charge in [0.05, 0.1) is 32.2 Å². The van der Waals surface area contributed by atoms with Gasteiger partial charge in [-0.25, -0.2) is 4.79 Å². The first-order valence-electron chi connectivity index (χ1n) is 30.1. The number of primary amides is 1. The summed E-state index contributed by atoms with van der Waals surface area (Å²) in [7, 11) is 0. The molecule has 2 fully saturated rings. The molecule has 0 aromatic heterocycles. The number of aromatic hydroxyl groups is 1. The van der Waals surface area contributed by atoms with Crippen LogP contribution in [0.25, 0.3) is 0 Å². The molecule has 12 atom stereocenters. The summed E-state index contributed by atoms with van der Waals surface area (Å²) in [6.07, 6.45) is -0.900. The maximum Gasteiger partial charge on any atom is 0.326 e. The number of nitrogens with one attached hydrogen (secondary N) is 9. The van der Waals surface area contributed by atoms with Gasteiger partial charge in [-0.1, -0.05) is 90.4 Å². The normalized spacial score (nSPS) is 18.0. The lowest BCUT2D eigenvalue weighted by atomic mass is 9.96. The third-order valence-corrected chi connectivity index (χ3v) is 15.5. The monoisotopic (exact) mass is 1260 g/mol. The molecule has 2 saturated heterocycles. The second-order valence-electron chi connectivity index (χ2n) is 23.5. The van der Waals surface area contributed by atoms with Gasteiger partial charge in [0.1, 0.15) is 66.2 Å². The number of benzene rings is 2. The van der Waals surface area contributed by atoms with Gasteiger partial charge < -0.3 is 89.5 Å². The Hall–Kier alpha value is -8.77. The Balaban J connectivity index is 1.42. The molecular weight excluding hydrogens is 1170 g/mol. The van der Waals surface area contributed by atoms with E-state index in [-0.39, 0.29) is 63.3 Å². The minimum atomic E-state index is -1.67. The molecule has 496 valence electrons. The molecule has 2 aliphatic heterocycles. The summed E-state index contributed by atoms with van der Waals surface area (Å²) in [6, 6.07) is 0.632. The molecule has 0 bridgehead atoms. The first-order chi connectivity index (χ1) is 42.5. The highest BCUT2D eigenvalue weighted by Gasteiger charge is 2.42. The molecule has 90 heavy (non-hydrogen) atoms. The number of carbonyl (C=O) groups excluding carboxylic acids is 12. The third-order valence-electron chi connectivity index (χ3n) is 15.5. The predicted molar refractivity (Wildman–Crippen MR) is 323 cm³/mol. The van der Waals surface area contributed by atoms with Gasteiger partial charge in [-0.05, 0) is 80.0 Å². The highest BCUT2D eigenvalue weighted by Crippen LogP contribution is 2.22. The first-order valence-corrected chi connectivity index (χ1v) is 30.1. The number of carboxylic acids is 1. The van der Waals surface area contributed by atoms with Crippen LogP contribution in [0.15, 0.2) is 54.6 Å². The van der Waals surface area contributed by atoms with Gasteiger partial charge >= 0.3 is 5.97 Å². The highest BCUT2D eigenvalue weighted by atomic mass is 16.4. The lowest BCUT2D eigenvalue weighted by molar-refractivity contribution is -0.145. The molecule has 2 heterocycles. The van der Waals surface area contributed by atoms with Gasteiger partial charge in [0.15, 0.2) is 0 Å². The van der Waals surface area contributed by atoms with Crippen LogP contribution in [0.1, 0.15) is 105 Å². The number of aliphatic carboxylic acids is 1. The Labute approximate surface area is 521 Å². The fourth-order valence-corrected chi connectivity index (χ4v) is 10.2. The van der Waals surface area contributed by atoms with Crippen LogP contribution in [-0.4, -0.2) is 206 Å². The van der Waals surface area contributed by atoms with E-state index in [9.17, 15) is 82.8 Å². The van der Waals surface area contributed by atoms with Crippen molar-refractivity contribution >= 4 is 76.9 Å². The summed E-state index contributed by atoms with van der Waals surface area (Å²) < 4.78 is 0. The van der Waals surface area contributed by atoms with Crippen molar-refractivity contribution in [2.45, 2.75) is 173 Å². The van der Waals surface area contributed by atoms with Crippen molar-refractivity contribution in [1.29, 1.82) is 0 Å². The number of phenolic OH excluding ortho intramolecular Hbond substituents is 1. The van der Waals surface area contributed by atoms with Crippen LogP contribution in [0.5, 0.6) is 5.75 Å². The van der Waals surface area contributed by atoms with Crippen LogP contribution in [-0.2, 0) is 75.2 Å². The number of carboxylic acid groups (broad SMARTS) is 1. The van der Waals surface area contributed by atoms with Crippen LogP contribution >= 0.6 is 0 Å². The van der Waals surface area contributed by atoms with Gasteiger partial charge in [-0.15, -0.1) is 0 Å². The number of amides is 12. The summed E-state index contributed by atoms with van der Waals surface area (Å²) in [4.78, 5) is 177. The number of nitrogens with two attached hydrogens (primary N) is 2. The van der Waals surface area contributed by atoms with Gasteiger partial charge in [0.25, 0.3) is 0 Å². The van der Waals surface area contributed by atoms with Gasteiger partial charge in [0.2, 0.25) is 70.9 Å². The van der Waals surface area contributed by atoms with E-state index in [0.717, 1.165) is 4.90 Å². The van der Waals surface area contributed by atoms with Gasteiger partial charge in [-0.3, -0.25) is 57.5 Å². The number of rotatable bonds is 34. The van der Waals surface area contributed by atoms with E-state index in [4.69, 9.17) is 11.5 Å². The van der Waals surface area contributed by atoms with E-state index in [2.05, 4.69) is 47.9 Å². The fourth-order valence-electron chi connectivity index (χ4n) is 10.2. The molecule has 30 nitrogen and oxygen atoms in total. The van der Waals surface area contributed by atoms with E-state index < -0.39 is 181 Å². The minimum absolute atomic E-state index is 0.0301. The zero-order valence-corrected chi connectivity index (χ0v) is 51.8. The fraction of sp³-hybridized carbons (Fsp3) is 0.583. The van der Waals surface area contributed by atoms with Crippen molar-refractivity contribution in [3.8, 4) is 5.75 Å². The number of hydrogen-bond donors (Lipinski definition) is 15. The van der Waals surface area contributed by atoms with Crippen molar-refractivity contribution < 1.29 is 82.8 Å². The second kappa shape index (κ2) is 35.4. The smallest absolute Gasteiger partial charge is 0.326 e. The Morgan fingerprint density at radius 1 is 0.589 bits per heavy atom. The number of hydrogen-bond acceptors (Lipinski definition) is 17. The number of aliphatic hydroxyl groups is 2. The molecule has 2 aromatic carbocycles. The molecule has 30 heteroatoms. The van der Waals surface area contributed by atoms with E-state index in [1.54, 1.807) is 58.0 Å². The van der Waals surface area contributed by atoms with Crippen LogP contribution in [0.4, 0.5) is 0 Å². The van der Waals surface area contributed by atoms with E-state index >= 15 is 0 Å².